The van der Waals surface area contributed by atoms with Crippen LogP contribution in [0.1, 0.15) is 41.8 Å². The Hall–Kier alpha value is -1.83. The molecule has 1 atom stereocenters. The van der Waals surface area contributed by atoms with Crippen molar-refractivity contribution in [2.75, 3.05) is 7.11 Å². The quantitative estimate of drug-likeness (QED) is 0.831. The van der Waals surface area contributed by atoms with E-state index in [0.717, 1.165) is 24.9 Å². The van der Waals surface area contributed by atoms with Crippen molar-refractivity contribution in [1.29, 1.82) is 5.26 Å². The van der Waals surface area contributed by atoms with Gasteiger partial charge in [-0.2, -0.15) is 5.26 Å². The van der Waals surface area contributed by atoms with Crippen LogP contribution in [0, 0.1) is 11.3 Å². The molecular weight excluding hydrogens is 280 g/mol. The lowest BCUT2D eigenvalue weighted by atomic mass is 10.1. The number of methoxy groups -OCH3 is 1. The van der Waals surface area contributed by atoms with Gasteiger partial charge in [0, 0.05) is 17.5 Å². The molecule has 2 rings (SSSR count). The van der Waals surface area contributed by atoms with Gasteiger partial charge in [-0.3, -0.25) is 0 Å². The zero-order valence-corrected chi connectivity index (χ0v) is 13.2. The summed E-state index contributed by atoms with van der Waals surface area (Å²) in [5.41, 5.74) is 1.70. The molecule has 110 valence electrons. The van der Waals surface area contributed by atoms with E-state index in [1.807, 2.05) is 18.2 Å². The van der Waals surface area contributed by atoms with E-state index in [2.05, 4.69) is 35.8 Å². The van der Waals surface area contributed by atoms with E-state index in [1.54, 1.807) is 18.4 Å². The third-order valence-corrected chi connectivity index (χ3v) is 4.39. The van der Waals surface area contributed by atoms with E-state index >= 15 is 0 Å². The van der Waals surface area contributed by atoms with Crippen molar-refractivity contribution < 1.29 is 4.74 Å². The molecule has 1 heterocycles. The zero-order valence-electron chi connectivity index (χ0n) is 12.4. The summed E-state index contributed by atoms with van der Waals surface area (Å²) in [4.78, 5) is 1.37. The molecule has 0 aliphatic rings. The second-order valence-corrected chi connectivity index (χ2v) is 5.86. The monoisotopic (exact) mass is 300 g/mol. The summed E-state index contributed by atoms with van der Waals surface area (Å²) in [5, 5.41) is 14.7. The first-order valence-electron chi connectivity index (χ1n) is 7.12. The molecule has 3 nitrogen and oxygen atoms in total. The lowest BCUT2D eigenvalue weighted by Crippen LogP contribution is -2.20. The van der Waals surface area contributed by atoms with Crippen LogP contribution in [0.2, 0.25) is 0 Å². The lowest BCUT2D eigenvalue weighted by Gasteiger charge is -2.17. The fraction of sp³-hybridized carbons (Fsp3) is 0.353. The highest BCUT2D eigenvalue weighted by molar-refractivity contribution is 7.10. The number of ether oxygens (including phenoxy) is 1. The van der Waals surface area contributed by atoms with Crippen molar-refractivity contribution in [1.82, 2.24) is 5.32 Å². The van der Waals surface area contributed by atoms with Gasteiger partial charge in [0.2, 0.25) is 0 Å². The minimum absolute atomic E-state index is 0.386. The summed E-state index contributed by atoms with van der Waals surface area (Å²) < 4.78 is 5.26. The second-order valence-electron chi connectivity index (χ2n) is 4.88. The van der Waals surface area contributed by atoms with Gasteiger partial charge >= 0.3 is 0 Å². The van der Waals surface area contributed by atoms with Crippen LogP contribution in [0.4, 0.5) is 0 Å². The predicted molar refractivity (Wildman–Crippen MR) is 86.5 cm³/mol. The van der Waals surface area contributed by atoms with Gasteiger partial charge in [0.25, 0.3) is 0 Å². The average molecular weight is 300 g/mol. The Morgan fingerprint density at radius 3 is 2.86 bits per heavy atom. The van der Waals surface area contributed by atoms with Crippen molar-refractivity contribution in [3.63, 3.8) is 0 Å². The van der Waals surface area contributed by atoms with Gasteiger partial charge in [-0.05, 0) is 35.6 Å². The Morgan fingerprint density at radius 2 is 2.24 bits per heavy atom. The summed E-state index contributed by atoms with van der Waals surface area (Å²) in [7, 11) is 1.60. The molecule has 0 radical (unpaired) electrons. The summed E-state index contributed by atoms with van der Waals surface area (Å²) in [6, 6.07) is 12.5. The van der Waals surface area contributed by atoms with Gasteiger partial charge in [0.05, 0.1) is 12.7 Å². The molecule has 0 amide bonds. The zero-order chi connectivity index (χ0) is 15.1. The second kappa shape index (κ2) is 7.82. The van der Waals surface area contributed by atoms with Gasteiger partial charge in [-0.15, -0.1) is 11.3 Å². The van der Waals surface area contributed by atoms with Gasteiger partial charge < -0.3 is 10.1 Å². The summed E-state index contributed by atoms with van der Waals surface area (Å²) >= 11 is 1.79. The van der Waals surface area contributed by atoms with Crippen LogP contribution in [0.5, 0.6) is 5.75 Å². The number of hydrogen-bond acceptors (Lipinski definition) is 4. The third kappa shape index (κ3) is 4.07. The average Bonchev–Trinajstić information content (AvgIpc) is 3.05. The van der Waals surface area contributed by atoms with Crippen molar-refractivity contribution in [3.8, 4) is 11.8 Å². The molecule has 2 aromatic rings. The SMILES string of the molecule is CCCC(NCc1ccc(C#N)c(OC)c1)c1cccs1. The van der Waals surface area contributed by atoms with Gasteiger partial charge in [-0.25, -0.2) is 0 Å². The van der Waals surface area contributed by atoms with Crippen LogP contribution >= 0.6 is 11.3 Å². The van der Waals surface area contributed by atoms with Crippen molar-refractivity contribution in [3.05, 3.63) is 51.7 Å². The molecule has 4 heteroatoms. The molecule has 1 N–H and O–H groups in total. The molecule has 0 saturated carbocycles. The molecule has 1 aromatic carbocycles. The Balaban J connectivity index is 2.06. The molecule has 1 aromatic heterocycles. The number of nitriles is 1. The molecule has 0 spiro atoms. The number of nitrogens with zero attached hydrogens (tertiary/aromatic N) is 1. The summed E-state index contributed by atoms with van der Waals surface area (Å²) in [6.45, 7) is 2.97. The van der Waals surface area contributed by atoms with Crippen molar-refractivity contribution in [2.45, 2.75) is 32.4 Å². The van der Waals surface area contributed by atoms with E-state index in [-0.39, 0.29) is 0 Å². The maximum absolute atomic E-state index is 9.01. The van der Waals surface area contributed by atoms with Gasteiger partial charge in [-0.1, -0.05) is 25.5 Å². The Bertz CT molecular complexity index is 602. The molecule has 0 bridgehead atoms. The Morgan fingerprint density at radius 1 is 1.38 bits per heavy atom. The van der Waals surface area contributed by atoms with Crippen molar-refractivity contribution >= 4 is 11.3 Å². The van der Waals surface area contributed by atoms with Crippen LogP contribution in [-0.4, -0.2) is 7.11 Å². The maximum atomic E-state index is 9.01. The van der Waals surface area contributed by atoms with Gasteiger partial charge in [0.15, 0.2) is 0 Å². The maximum Gasteiger partial charge on any atom is 0.136 e. The molecule has 1 unspecified atom stereocenters. The number of hydrogen-bond donors (Lipinski definition) is 1. The molecule has 0 aliphatic heterocycles. The standard InChI is InChI=1S/C17H20N2OS/c1-3-5-15(17-6-4-9-21-17)19-12-13-7-8-14(11-18)16(10-13)20-2/h4,6-10,15,19H,3,5,12H2,1-2H3. The third-order valence-electron chi connectivity index (χ3n) is 3.40. The minimum atomic E-state index is 0.386. The summed E-state index contributed by atoms with van der Waals surface area (Å²) in [6.07, 6.45) is 2.26. The highest BCUT2D eigenvalue weighted by Gasteiger charge is 2.11. The predicted octanol–water partition coefficient (Wildman–Crippen LogP) is 4.26. The normalized spacial score (nSPS) is 11.9. The highest BCUT2D eigenvalue weighted by Crippen LogP contribution is 2.24. The lowest BCUT2D eigenvalue weighted by molar-refractivity contribution is 0.412. The summed E-state index contributed by atoms with van der Waals surface area (Å²) in [5.74, 6) is 0.639. The van der Waals surface area contributed by atoms with Crippen molar-refractivity contribution in [2.24, 2.45) is 0 Å². The fourth-order valence-electron chi connectivity index (χ4n) is 2.30. The van der Waals surface area contributed by atoms with Crippen LogP contribution in [0.3, 0.4) is 0 Å². The van der Waals surface area contributed by atoms with E-state index < -0.39 is 0 Å². The highest BCUT2D eigenvalue weighted by atomic mass is 32.1. The first-order valence-corrected chi connectivity index (χ1v) is 8.00. The molecule has 0 fully saturated rings. The van der Waals surface area contributed by atoms with E-state index in [9.17, 15) is 0 Å². The molecule has 0 aliphatic carbocycles. The fourth-order valence-corrected chi connectivity index (χ4v) is 3.14. The Kier molecular flexibility index (Phi) is 5.79. The van der Waals surface area contributed by atoms with Crippen LogP contribution in [0.15, 0.2) is 35.7 Å². The van der Waals surface area contributed by atoms with E-state index in [0.29, 0.717) is 17.4 Å². The largest absolute Gasteiger partial charge is 0.495 e. The van der Waals surface area contributed by atoms with E-state index in [1.165, 1.54) is 4.88 Å². The Labute approximate surface area is 130 Å². The van der Waals surface area contributed by atoms with Crippen LogP contribution in [-0.2, 0) is 6.54 Å². The minimum Gasteiger partial charge on any atom is -0.495 e. The number of thiophene rings is 1. The topological polar surface area (TPSA) is 45.0 Å². The first-order chi connectivity index (χ1) is 10.3. The van der Waals surface area contributed by atoms with Crippen LogP contribution in [0.25, 0.3) is 0 Å². The molecular formula is C17H20N2OS. The smallest absolute Gasteiger partial charge is 0.136 e. The van der Waals surface area contributed by atoms with Gasteiger partial charge in [0.1, 0.15) is 11.8 Å². The molecule has 0 saturated heterocycles. The number of nitrogens with one attached hydrogen (secondary N) is 1. The number of benzene rings is 1. The number of rotatable bonds is 7. The molecule has 21 heavy (non-hydrogen) atoms. The van der Waals surface area contributed by atoms with E-state index in [4.69, 9.17) is 10.00 Å². The van der Waals surface area contributed by atoms with Crippen LogP contribution < -0.4 is 10.1 Å². The first kappa shape index (κ1) is 15.6.